The van der Waals surface area contributed by atoms with Gasteiger partial charge in [-0.1, -0.05) is 159 Å². The number of allylic oxidation sites excluding steroid dienone is 5. The molecule has 1 atom stereocenters. The zero-order valence-electron chi connectivity index (χ0n) is 37.2. The van der Waals surface area contributed by atoms with E-state index >= 15 is 0 Å². The molecule has 12 rings (SSSR count). The van der Waals surface area contributed by atoms with Crippen LogP contribution in [0.2, 0.25) is 0 Å². The molecule has 9 aromatic rings. The maximum atomic E-state index is 2.68. The van der Waals surface area contributed by atoms with Crippen LogP contribution in [0.1, 0.15) is 79.2 Å². The smallest absolute Gasteiger partial charge is 0.0650 e. The maximum Gasteiger partial charge on any atom is 0.0650 e. The molecule has 0 saturated heterocycles. The van der Waals surface area contributed by atoms with Gasteiger partial charge in [-0.05, 0) is 138 Å². The monoisotopic (exact) mass is 839 g/mol. The molecule has 7 aromatic carbocycles. The molecule has 2 heterocycles. The predicted molar refractivity (Wildman–Crippen MR) is 277 cm³/mol. The number of rotatable bonds is 8. The number of hydrogen-bond acceptors (Lipinski definition) is 1. The van der Waals surface area contributed by atoms with Crippen molar-refractivity contribution in [1.82, 2.24) is 9.13 Å². The molecule has 0 bridgehead atoms. The van der Waals surface area contributed by atoms with Crippen LogP contribution in [0.25, 0.3) is 67.6 Å². The first-order valence-electron chi connectivity index (χ1n) is 23.5. The van der Waals surface area contributed by atoms with Crippen LogP contribution in [0.3, 0.4) is 0 Å². The van der Waals surface area contributed by atoms with E-state index in [2.05, 4.69) is 232 Å². The SMILES string of the molecule is C1=Cc2c(c3c(n2-c2ccccc2)CCC(c2ccc4c(c2)c2ccccc2n4-c2ccccc2)=C3)C(N(C2=CC=C(c3ccccc3)CC2)c2ccc(-c3ccccc3)cc2)C1.CC. The van der Waals surface area contributed by atoms with Gasteiger partial charge >= 0.3 is 0 Å². The highest BCUT2D eigenvalue weighted by molar-refractivity contribution is 6.10. The van der Waals surface area contributed by atoms with Gasteiger partial charge in [0.25, 0.3) is 0 Å². The fourth-order valence-electron chi connectivity index (χ4n) is 10.6. The minimum Gasteiger partial charge on any atom is -0.337 e. The minimum absolute atomic E-state index is 0.103. The molecule has 316 valence electrons. The van der Waals surface area contributed by atoms with Crippen molar-refractivity contribution in [2.75, 3.05) is 4.90 Å². The van der Waals surface area contributed by atoms with E-state index in [1.54, 1.807) is 0 Å². The summed E-state index contributed by atoms with van der Waals surface area (Å²) in [5, 5.41) is 2.58. The summed E-state index contributed by atoms with van der Waals surface area (Å²) >= 11 is 0. The Morgan fingerprint density at radius 2 is 1.06 bits per heavy atom. The lowest BCUT2D eigenvalue weighted by Gasteiger charge is -2.38. The third-order valence-corrected chi connectivity index (χ3v) is 13.5. The maximum absolute atomic E-state index is 2.68. The van der Waals surface area contributed by atoms with Crippen molar-refractivity contribution in [1.29, 1.82) is 0 Å². The Hall–Kier alpha value is -7.62. The van der Waals surface area contributed by atoms with E-state index in [4.69, 9.17) is 0 Å². The number of para-hydroxylation sites is 3. The fourth-order valence-corrected chi connectivity index (χ4v) is 10.6. The van der Waals surface area contributed by atoms with E-state index in [-0.39, 0.29) is 6.04 Å². The molecule has 0 radical (unpaired) electrons. The largest absolute Gasteiger partial charge is 0.337 e. The summed E-state index contributed by atoms with van der Waals surface area (Å²) in [4.78, 5) is 2.68. The summed E-state index contributed by atoms with van der Waals surface area (Å²) in [5.74, 6) is 0. The Morgan fingerprint density at radius 1 is 0.477 bits per heavy atom. The van der Waals surface area contributed by atoms with Gasteiger partial charge in [0.1, 0.15) is 0 Å². The third-order valence-electron chi connectivity index (χ3n) is 13.5. The van der Waals surface area contributed by atoms with Gasteiger partial charge in [0.15, 0.2) is 0 Å². The molecule has 3 aliphatic carbocycles. The minimum atomic E-state index is 0.103. The topological polar surface area (TPSA) is 13.1 Å². The Morgan fingerprint density at radius 3 is 1.75 bits per heavy atom. The van der Waals surface area contributed by atoms with E-state index < -0.39 is 0 Å². The Balaban J connectivity index is 0.00000231. The Bertz CT molecular complexity index is 3270. The van der Waals surface area contributed by atoms with Crippen LogP contribution in [-0.4, -0.2) is 9.13 Å². The second-order valence-electron chi connectivity index (χ2n) is 17.1. The second-order valence-corrected chi connectivity index (χ2v) is 17.1. The molecule has 0 amide bonds. The van der Waals surface area contributed by atoms with E-state index in [0.29, 0.717) is 0 Å². The first-order valence-corrected chi connectivity index (χ1v) is 23.5. The lowest BCUT2D eigenvalue weighted by molar-refractivity contribution is 0.654. The molecule has 1 unspecified atom stereocenters. The third kappa shape index (κ3) is 7.28. The first kappa shape index (κ1) is 40.2. The van der Waals surface area contributed by atoms with Crippen LogP contribution in [0, 0.1) is 0 Å². The predicted octanol–water partition coefficient (Wildman–Crippen LogP) is 16.5. The molecule has 0 saturated carbocycles. The van der Waals surface area contributed by atoms with Gasteiger partial charge in [0, 0.05) is 50.4 Å². The summed E-state index contributed by atoms with van der Waals surface area (Å²) in [5.41, 5.74) is 20.8. The van der Waals surface area contributed by atoms with E-state index in [1.165, 1.54) is 100 Å². The Kier molecular flexibility index (Phi) is 10.8. The van der Waals surface area contributed by atoms with Gasteiger partial charge in [-0.25, -0.2) is 0 Å². The molecule has 3 heteroatoms. The van der Waals surface area contributed by atoms with Gasteiger partial charge in [-0.2, -0.15) is 0 Å². The van der Waals surface area contributed by atoms with Crippen LogP contribution in [0.15, 0.2) is 212 Å². The number of benzene rings is 7. The number of nitrogens with zero attached hydrogens (tertiary/aromatic N) is 3. The van der Waals surface area contributed by atoms with Gasteiger partial charge < -0.3 is 14.0 Å². The average molecular weight is 840 g/mol. The van der Waals surface area contributed by atoms with Crippen LogP contribution in [-0.2, 0) is 6.42 Å². The van der Waals surface area contributed by atoms with E-state index in [9.17, 15) is 0 Å². The molecule has 3 nitrogen and oxygen atoms in total. The highest BCUT2D eigenvalue weighted by Crippen LogP contribution is 2.48. The number of anilines is 1. The van der Waals surface area contributed by atoms with E-state index in [1.807, 2.05) is 13.8 Å². The summed E-state index contributed by atoms with van der Waals surface area (Å²) in [6.07, 6.45) is 17.0. The highest BCUT2D eigenvalue weighted by atomic mass is 15.2. The van der Waals surface area contributed by atoms with Gasteiger partial charge in [0.05, 0.1) is 22.8 Å². The number of fused-ring (bicyclic) bond motifs is 6. The molecule has 3 aliphatic rings. The molecule has 0 N–H and O–H groups in total. The normalized spacial score (nSPS) is 15.3. The molecule has 0 fully saturated rings. The molecule has 2 aromatic heterocycles. The number of aromatic nitrogens is 2. The fraction of sp³-hybridized carbons (Fsp3) is 0.129. The second kappa shape index (κ2) is 17.5. The first-order chi connectivity index (χ1) is 32.3. The van der Waals surface area contributed by atoms with Gasteiger partial charge in [-0.3, -0.25) is 0 Å². The van der Waals surface area contributed by atoms with E-state index in [0.717, 1.165) is 32.1 Å². The van der Waals surface area contributed by atoms with Crippen molar-refractivity contribution in [3.8, 4) is 22.5 Å². The lowest BCUT2D eigenvalue weighted by atomic mass is 9.85. The van der Waals surface area contributed by atoms with Crippen molar-refractivity contribution in [2.45, 2.75) is 52.0 Å². The van der Waals surface area contributed by atoms with Crippen molar-refractivity contribution in [3.63, 3.8) is 0 Å². The van der Waals surface area contributed by atoms with Gasteiger partial charge in [0.2, 0.25) is 0 Å². The van der Waals surface area contributed by atoms with Crippen LogP contribution in [0.5, 0.6) is 0 Å². The summed E-state index contributed by atoms with van der Waals surface area (Å²) in [7, 11) is 0. The standard InChI is InChI=1S/C60H47N3.C2H6/c1-5-16-42(17-6-1)44-28-34-50(35-29-44)61(51-36-30-45(31-37-51)43-18-7-2-8-19-43)58-26-15-27-59-60(58)54-41-47(33-39-57(54)63(59)49-22-11-4-12-23-49)46-32-38-56-53(40-46)52-24-13-14-25-55(52)62(56)48-20-9-3-10-21-48;1-2/h1-25,27-30,32,34-36,38,40-41,58H,26,31,33,37,39H2;1-2H3. The Labute approximate surface area is 383 Å². The molecule has 0 aliphatic heterocycles. The zero-order chi connectivity index (χ0) is 43.7. The summed E-state index contributed by atoms with van der Waals surface area (Å²) in [6, 6.07) is 68.8. The van der Waals surface area contributed by atoms with Crippen LogP contribution < -0.4 is 4.90 Å². The van der Waals surface area contributed by atoms with Crippen LogP contribution >= 0.6 is 0 Å². The molecular weight excluding hydrogens is 787 g/mol. The van der Waals surface area contributed by atoms with Gasteiger partial charge in [-0.15, -0.1) is 0 Å². The van der Waals surface area contributed by atoms with Crippen molar-refractivity contribution in [3.05, 3.63) is 246 Å². The molecule has 0 spiro atoms. The highest BCUT2D eigenvalue weighted by Gasteiger charge is 2.35. The quantitative estimate of drug-likeness (QED) is 0.149. The molecule has 65 heavy (non-hydrogen) atoms. The summed E-state index contributed by atoms with van der Waals surface area (Å²) < 4.78 is 4.98. The number of hydrogen-bond donors (Lipinski definition) is 0. The zero-order valence-corrected chi connectivity index (χ0v) is 37.2. The van der Waals surface area contributed by atoms with Crippen molar-refractivity contribution >= 4 is 50.8 Å². The van der Waals surface area contributed by atoms with Crippen LogP contribution in [0.4, 0.5) is 5.69 Å². The lowest BCUT2D eigenvalue weighted by Crippen LogP contribution is -2.30. The average Bonchev–Trinajstić information content (AvgIpc) is 3.91. The van der Waals surface area contributed by atoms with Crippen molar-refractivity contribution < 1.29 is 0 Å². The summed E-state index contributed by atoms with van der Waals surface area (Å²) in [6.45, 7) is 4.00. The van der Waals surface area contributed by atoms with Crippen molar-refractivity contribution in [2.24, 2.45) is 0 Å². The molecular formula is C62H53N3.